The molecule has 1 N–H and O–H groups in total. The van der Waals surface area contributed by atoms with Crippen LogP contribution in [0.15, 0.2) is 24.3 Å². The van der Waals surface area contributed by atoms with Crippen molar-refractivity contribution in [1.29, 1.82) is 0 Å². The van der Waals surface area contributed by atoms with Gasteiger partial charge in [0.05, 0.1) is 13.0 Å². The van der Waals surface area contributed by atoms with Crippen molar-refractivity contribution in [3.05, 3.63) is 35.4 Å². The van der Waals surface area contributed by atoms with Crippen molar-refractivity contribution in [2.24, 2.45) is 0 Å². The Morgan fingerprint density at radius 3 is 3.00 bits per heavy atom. The molecule has 0 aliphatic carbocycles. The standard InChI is InChI=1S/C15H17NO4/c1-16(8-6-15(18)19)14(17)5-3-11-2-4-13-12(10-11)7-9-20-13/h2-5,10H,6-9H2,1H3,(H,18,19). The van der Waals surface area contributed by atoms with Gasteiger partial charge in [0.25, 0.3) is 0 Å². The number of carboxylic acids is 1. The normalized spacial score (nSPS) is 13.1. The Morgan fingerprint density at radius 1 is 1.45 bits per heavy atom. The van der Waals surface area contributed by atoms with E-state index in [1.807, 2.05) is 18.2 Å². The van der Waals surface area contributed by atoms with Crippen molar-refractivity contribution in [1.82, 2.24) is 4.90 Å². The monoisotopic (exact) mass is 275 g/mol. The smallest absolute Gasteiger partial charge is 0.305 e. The van der Waals surface area contributed by atoms with E-state index in [2.05, 4.69) is 0 Å². The molecular formula is C15H17NO4. The summed E-state index contributed by atoms with van der Waals surface area (Å²) in [5.74, 6) is -0.206. The SMILES string of the molecule is CN(CCC(=O)O)C(=O)C=Cc1ccc2c(c1)CCO2. The lowest BCUT2D eigenvalue weighted by atomic mass is 10.1. The van der Waals surface area contributed by atoms with E-state index in [1.54, 1.807) is 13.1 Å². The summed E-state index contributed by atoms with van der Waals surface area (Å²) < 4.78 is 5.42. The van der Waals surface area contributed by atoms with Crippen LogP contribution in [0, 0.1) is 0 Å². The van der Waals surface area contributed by atoms with Crippen molar-refractivity contribution in [2.75, 3.05) is 20.2 Å². The third-order valence-electron chi connectivity index (χ3n) is 3.17. The van der Waals surface area contributed by atoms with Crippen LogP contribution in [0.4, 0.5) is 0 Å². The summed E-state index contributed by atoms with van der Waals surface area (Å²) >= 11 is 0. The van der Waals surface area contributed by atoms with Crippen molar-refractivity contribution >= 4 is 18.0 Å². The zero-order chi connectivity index (χ0) is 14.5. The molecule has 2 rings (SSSR count). The van der Waals surface area contributed by atoms with Gasteiger partial charge in [-0.15, -0.1) is 0 Å². The Bertz CT molecular complexity index is 551. The number of nitrogens with zero attached hydrogens (tertiary/aromatic N) is 1. The summed E-state index contributed by atoms with van der Waals surface area (Å²) in [6, 6.07) is 5.80. The molecule has 0 unspecified atom stereocenters. The average molecular weight is 275 g/mol. The number of hydrogen-bond donors (Lipinski definition) is 1. The van der Waals surface area contributed by atoms with Gasteiger partial charge >= 0.3 is 5.97 Å². The van der Waals surface area contributed by atoms with Crippen LogP contribution in [0.25, 0.3) is 6.08 Å². The first-order chi connectivity index (χ1) is 9.56. The van der Waals surface area contributed by atoms with Gasteiger partial charge in [0.15, 0.2) is 0 Å². The third-order valence-corrected chi connectivity index (χ3v) is 3.17. The van der Waals surface area contributed by atoms with E-state index in [-0.39, 0.29) is 18.9 Å². The number of aliphatic carboxylic acids is 1. The molecule has 0 fully saturated rings. The zero-order valence-electron chi connectivity index (χ0n) is 11.3. The number of hydrogen-bond acceptors (Lipinski definition) is 3. The van der Waals surface area contributed by atoms with Crippen LogP contribution in [-0.2, 0) is 16.0 Å². The second-order valence-electron chi connectivity index (χ2n) is 4.70. The van der Waals surface area contributed by atoms with Crippen LogP contribution < -0.4 is 4.74 Å². The van der Waals surface area contributed by atoms with Gasteiger partial charge < -0.3 is 14.7 Å². The number of fused-ring (bicyclic) bond motifs is 1. The minimum absolute atomic E-state index is 0.0493. The van der Waals surface area contributed by atoms with Crippen molar-refractivity contribution in [2.45, 2.75) is 12.8 Å². The van der Waals surface area contributed by atoms with Crippen LogP contribution in [0.1, 0.15) is 17.5 Å². The van der Waals surface area contributed by atoms with Gasteiger partial charge in [-0.25, -0.2) is 0 Å². The highest BCUT2D eigenvalue weighted by molar-refractivity contribution is 5.91. The first-order valence-corrected chi connectivity index (χ1v) is 6.47. The lowest BCUT2D eigenvalue weighted by Crippen LogP contribution is -2.27. The van der Waals surface area contributed by atoms with Crippen LogP contribution in [0.5, 0.6) is 5.75 Å². The van der Waals surface area contributed by atoms with E-state index in [0.717, 1.165) is 23.3 Å². The molecule has 0 radical (unpaired) electrons. The van der Waals surface area contributed by atoms with Gasteiger partial charge in [-0.3, -0.25) is 9.59 Å². The molecule has 0 bridgehead atoms. The molecule has 0 saturated carbocycles. The summed E-state index contributed by atoms with van der Waals surface area (Å²) in [4.78, 5) is 23.6. The molecule has 0 atom stereocenters. The predicted molar refractivity (Wildman–Crippen MR) is 74.6 cm³/mol. The van der Waals surface area contributed by atoms with E-state index in [0.29, 0.717) is 6.61 Å². The Morgan fingerprint density at radius 2 is 2.25 bits per heavy atom. The second-order valence-corrected chi connectivity index (χ2v) is 4.70. The van der Waals surface area contributed by atoms with E-state index >= 15 is 0 Å². The fraction of sp³-hybridized carbons (Fsp3) is 0.333. The molecule has 1 aliphatic heterocycles. The molecule has 1 aliphatic rings. The van der Waals surface area contributed by atoms with E-state index < -0.39 is 5.97 Å². The van der Waals surface area contributed by atoms with E-state index in [9.17, 15) is 9.59 Å². The Labute approximate surface area is 117 Å². The highest BCUT2D eigenvalue weighted by atomic mass is 16.5. The van der Waals surface area contributed by atoms with Gasteiger partial charge in [-0.05, 0) is 29.3 Å². The fourth-order valence-electron chi connectivity index (χ4n) is 1.98. The summed E-state index contributed by atoms with van der Waals surface area (Å²) in [6.45, 7) is 0.913. The molecule has 0 aromatic heterocycles. The van der Waals surface area contributed by atoms with E-state index in [1.165, 1.54) is 11.0 Å². The Kier molecular flexibility index (Phi) is 4.40. The molecule has 1 amide bonds. The summed E-state index contributed by atoms with van der Waals surface area (Å²) in [6.07, 6.45) is 4.04. The summed E-state index contributed by atoms with van der Waals surface area (Å²) in [5, 5.41) is 8.57. The van der Waals surface area contributed by atoms with Gasteiger partial charge in [0.2, 0.25) is 5.91 Å². The minimum Gasteiger partial charge on any atom is -0.493 e. The number of amides is 1. The first kappa shape index (κ1) is 14.1. The number of carboxylic acid groups (broad SMARTS) is 1. The minimum atomic E-state index is -0.910. The zero-order valence-corrected chi connectivity index (χ0v) is 11.3. The lowest BCUT2D eigenvalue weighted by Gasteiger charge is -2.13. The van der Waals surface area contributed by atoms with Crippen LogP contribution in [0.3, 0.4) is 0 Å². The van der Waals surface area contributed by atoms with Gasteiger partial charge in [0.1, 0.15) is 5.75 Å². The van der Waals surface area contributed by atoms with E-state index in [4.69, 9.17) is 9.84 Å². The van der Waals surface area contributed by atoms with Crippen molar-refractivity contribution in [3.63, 3.8) is 0 Å². The van der Waals surface area contributed by atoms with Crippen LogP contribution in [0.2, 0.25) is 0 Å². The number of ether oxygens (including phenoxy) is 1. The molecular weight excluding hydrogens is 258 g/mol. The molecule has 1 aromatic rings. The fourth-order valence-corrected chi connectivity index (χ4v) is 1.98. The maximum atomic E-state index is 11.8. The number of carbonyl (C=O) groups excluding carboxylic acids is 1. The summed E-state index contributed by atoms with van der Waals surface area (Å²) in [5.41, 5.74) is 2.09. The van der Waals surface area contributed by atoms with Crippen LogP contribution >= 0.6 is 0 Å². The average Bonchev–Trinajstić information content (AvgIpc) is 2.89. The van der Waals surface area contributed by atoms with Crippen molar-refractivity contribution < 1.29 is 19.4 Å². The topological polar surface area (TPSA) is 66.8 Å². The number of rotatable bonds is 5. The second kappa shape index (κ2) is 6.23. The van der Waals surface area contributed by atoms with Gasteiger partial charge in [-0.1, -0.05) is 6.07 Å². The first-order valence-electron chi connectivity index (χ1n) is 6.47. The number of carbonyl (C=O) groups is 2. The quantitative estimate of drug-likeness (QED) is 0.828. The molecule has 106 valence electrons. The molecule has 5 nitrogen and oxygen atoms in total. The van der Waals surface area contributed by atoms with Crippen LogP contribution in [-0.4, -0.2) is 42.1 Å². The molecule has 0 spiro atoms. The van der Waals surface area contributed by atoms with Gasteiger partial charge in [0, 0.05) is 26.1 Å². The maximum Gasteiger partial charge on any atom is 0.305 e. The molecule has 1 heterocycles. The molecule has 20 heavy (non-hydrogen) atoms. The summed E-state index contributed by atoms with van der Waals surface area (Å²) in [7, 11) is 1.59. The number of likely N-dealkylation sites (N-methyl/N-ethyl adjacent to an activating group) is 1. The Hall–Kier alpha value is -2.30. The molecule has 5 heteroatoms. The third kappa shape index (κ3) is 3.60. The maximum absolute atomic E-state index is 11.8. The highest BCUT2D eigenvalue weighted by Crippen LogP contribution is 2.26. The highest BCUT2D eigenvalue weighted by Gasteiger charge is 2.11. The Balaban J connectivity index is 1.95. The predicted octanol–water partition coefficient (Wildman–Crippen LogP) is 1.57. The lowest BCUT2D eigenvalue weighted by molar-refractivity contribution is -0.137. The van der Waals surface area contributed by atoms with Crippen molar-refractivity contribution in [3.8, 4) is 5.75 Å². The molecule has 0 saturated heterocycles. The number of benzene rings is 1. The largest absolute Gasteiger partial charge is 0.493 e. The van der Waals surface area contributed by atoms with Gasteiger partial charge in [-0.2, -0.15) is 0 Å². The molecule has 1 aromatic carbocycles.